The molecule has 3 heterocycles. The average Bonchev–Trinajstić information content (AvgIpc) is 2.68. The zero-order chi connectivity index (χ0) is 21.0. The SMILES string of the molecule is CC.Cc1ncc(C2CCN(CCC3CC4(C3)CN(C(=O)C(C)C)C4)CC2)cn1. The Labute approximate surface area is 177 Å². The number of nitrogens with zero attached hydrogens (tertiary/aromatic N) is 4. The summed E-state index contributed by atoms with van der Waals surface area (Å²) in [5.74, 6) is 2.86. The second kappa shape index (κ2) is 9.55. The lowest BCUT2D eigenvalue weighted by Crippen LogP contribution is -2.64. The van der Waals surface area contributed by atoms with Crippen molar-refractivity contribution in [3.63, 3.8) is 0 Å². The molecule has 1 aliphatic carbocycles. The van der Waals surface area contributed by atoms with Crippen molar-refractivity contribution in [1.82, 2.24) is 19.8 Å². The van der Waals surface area contributed by atoms with Crippen molar-refractivity contribution in [2.75, 3.05) is 32.7 Å². The number of carbonyl (C=O) groups excluding carboxylic acids is 1. The highest BCUT2D eigenvalue weighted by molar-refractivity contribution is 5.79. The average molecular weight is 401 g/mol. The third-order valence-electron chi connectivity index (χ3n) is 7.01. The Morgan fingerprint density at radius 3 is 2.28 bits per heavy atom. The van der Waals surface area contributed by atoms with Gasteiger partial charge in [-0.15, -0.1) is 0 Å². The number of carbonyl (C=O) groups is 1. The topological polar surface area (TPSA) is 49.3 Å². The summed E-state index contributed by atoms with van der Waals surface area (Å²) in [6.07, 6.45) is 10.5. The third-order valence-corrected chi connectivity index (χ3v) is 7.01. The molecule has 4 rings (SSSR count). The number of rotatable bonds is 5. The van der Waals surface area contributed by atoms with E-state index >= 15 is 0 Å². The lowest BCUT2D eigenvalue weighted by atomic mass is 9.57. The van der Waals surface area contributed by atoms with E-state index in [4.69, 9.17) is 0 Å². The molecule has 1 aromatic heterocycles. The van der Waals surface area contributed by atoms with Crippen LogP contribution in [0.2, 0.25) is 0 Å². The molecular weight excluding hydrogens is 360 g/mol. The molecule has 5 heteroatoms. The molecule has 0 atom stereocenters. The van der Waals surface area contributed by atoms with Gasteiger partial charge in [-0.1, -0.05) is 27.7 Å². The van der Waals surface area contributed by atoms with Gasteiger partial charge in [-0.05, 0) is 76.1 Å². The van der Waals surface area contributed by atoms with Crippen molar-refractivity contribution < 1.29 is 4.79 Å². The van der Waals surface area contributed by atoms with Gasteiger partial charge in [-0.3, -0.25) is 4.79 Å². The summed E-state index contributed by atoms with van der Waals surface area (Å²) in [6.45, 7) is 15.6. The largest absolute Gasteiger partial charge is 0.341 e. The second-order valence-corrected chi connectivity index (χ2v) is 9.59. The minimum atomic E-state index is 0.146. The normalized spacial score (nSPS) is 22.1. The van der Waals surface area contributed by atoms with Crippen LogP contribution in [-0.2, 0) is 4.79 Å². The van der Waals surface area contributed by atoms with Crippen molar-refractivity contribution in [2.24, 2.45) is 17.3 Å². The maximum absolute atomic E-state index is 12.0. The zero-order valence-electron chi connectivity index (χ0n) is 19.2. The molecule has 0 bridgehead atoms. The fourth-order valence-corrected chi connectivity index (χ4v) is 5.38. The molecule has 1 spiro atoms. The highest BCUT2D eigenvalue weighted by Gasteiger charge is 2.53. The Hall–Kier alpha value is -1.49. The first-order valence-corrected chi connectivity index (χ1v) is 11.7. The summed E-state index contributed by atoms with van der Waals surface area (Å²) in [5.41, 5.74) is 1.81. The predicted octanol–water partition coefficient (Wildman–Crippen LogP) is 4.28. The highest BCUT2D eigenvalue weighted by atomic mass is 16.2. The Bertz CT molecular complexity index is 650. The molecule has 29 heavy (non-hydrogen) atoms. The lowest BCUT2D eigenvalue weighted by molar-refractivity contribution is -0.158. The molecule has 3 fully saturated rings. The summed E-state index contributed by atoms with van der Waals surface area (Å²) < 4.78 is 0. The van der Waals surface area contributed by atoms with Gasteiger partial charge in [0.05, 0.1) is 0 Å². The van der Waals surface area contributed by atoms with E-state index in [0.29, 0.717) is 17.2 Å². The van der Waals surface area contributed by atoms with Crippen molar-refractivity contribution in [3.05, 3.63) is 23.8 Å². The minimum absolute atomic E-state index is 0.146. The predicted molar refractivity (Wildman–Crippen MR) is 118 cm³/mol. The van der Waals surface area contributed by atoms with Crippen LogP contribution in [-0.4, -0.2) is 58.4 Å². The molecule has 0 aromatic carbocycles. The number of likely N-dealkylation sites (tertiary alicyclic amines) is 2. The van der Waals surface area contributed by atoms with Crippen LogP contribution in [0.1, 0.15) is 77.1 Å². The highest BCUT2D eigenvalue weighted by Crippen LogP contribution is 2.53. The number of amides is 1. The van der Waals surface area contributed by atoms with Crippen molar-refractivity contribution in [3.8, 4) is 0 Å². The van der Waals surface area contributed by atoms with Crippen LogP contribution in [0.15, 0.2) is 12.4 Å². The van der Waals surface area contributed by atoms with E-state index in [9.17, 15) is 4.79 Å². The number of hydrogen-bond acceptors (Lipinski definition) is 4. The van der Waals surface area contributed by atoms with Crippen LogP contribution in [0.4, 0.5) is 0 Å². The van der Waals surface area contributed by atoms with E-state index < -0.39 is 0 Å². The molecule has 5 nitrogen and oxygen atoms in total. The third kappa shape index (κ3) is 5.17. The Kier molecular flexibility index (Phi) is 7.31. The summed E-state index contributed by atoms with van der Waals surface area (Å²) in [7, 11) is 0. The summed E-state index contributed by atoms with van der Waals surface area (Å²) in [5, 5.41) is 0. The molecule has 0 N–H and O–H groups in total. The fraction of sp³-hybridized carbons (Fsp3) is 0.792. The molecule has 2 saturated heterocycles. The minimum Gasteiger partial charge on any atom is -0.341 e. The van der Waals surface area contributed by atoms with E-state index in [1.54, 1.807) is 0 Å². The van der Waals surface area contributed by atoms with Crippen molar-refractivity contribution in [2.45, 2.75) is 72.6 Å². The van der Waals surface area contributed by atoms with E-state index in [1.165, 1.54) is 57.3 Å². The van der Waals surface area contributed by atoms with Crippen LogP contribution in [0.5, 0.6) is 0 Å². The van der Waals surface area contributed by atoms with Crippen molar-refractivity contribution in [1.29, 1.82) is 0 Å². The molecular formula is C24H40N4O. The van der Waals surface area contributed by atoms with Gasteiger partial charge < -0.3 is 9.80 Å². The molecule has 0 radical (unpaired) electrons. The Morgan fingerprint density at radius 1 is 1.14 bits per heavy atom. The van der Waals surface area contributed by atoms with Gasteiger partial charge in [-0.25, -0.2) is 9.97 Å². The summed E-state index contributed by atoms with van der Waals surface area (Å²) >= 11 is 0. The van der Waals surface area contributed by atoms with Crippen LogP contribution < -0.4 is 0 Å². The van der Waals surface area contributed by atoms with Gasteiger partial charge in [0.2, 0.25) is 5.91 Å². The van der Waals surface area contributed by atoms with Crippen molar-refractivity contribution >= 4 is 5.91 Å². The van der Waals surface area contributed by atoms with Gasteiger partial charge in [0.25, 0.3) is 0 Å². The molecule has 3 aliphatic rings. The van der Waals surface area contributed by atoms with E-state index in [0.717, 1.165) is 24.8 Å². The van der Waals surface area contributed by atoms with Gasteiger partial charge in [0.15, 0.2) is 0 Å². The first-order valence-electron chi connectivity index (χ1n) is 11.7. The molecule has 1 amide bonds. The molecule has 1 saturated carbocycles. The quantitative estimate of drug-likeness (QED) is 0.740. The van der Waals surface area contributed by atoms with Gasteiger partial charge >= 0.3 is 0 Å². The Balaban J connectivity index is 0.00000117. The number of aromatic nitrogens is 2. The molecule has 0 unspecified atom stereocenters. The Morgan fingerprint density at radius 2 is 1.72 bits per heavy atom. The van der Waals surface area contributed by atoms with Gasteiger partial charge in [-0.2, -0.15) is 0 Å². The number of hydrogen-bond donors (Lipinski definition) is 0. The monoisotopic (exact) mass is 400 g/mol. The van der Waals surface area contributed by atoms with Crippen LogP contribution in [0, 0.1) is 24.2 Å². The summed E-state index contributed by atoms with van der Waals surface area (Å²) in [6, 6.07) is 0. The van der Waals surface area contributed by atoms with Gasteiger partial charge in [0.1, 0.15) is 5.82 Å². The van der Waals surface area contributed by atoms with Crippen LogP contribution >= 0.6 is 0 Å². The van der Waals surface area contributed by atoms with Crippen LogP contribution in [0.25, 0.3) is 0 Å². The summed E-state index contributed by atoms with van der Waals surface area (Å²) in [4.78, 5) is 25.4. The first kappa shape index (κ1) is 22.2. The molecule has 2 aliphatic heterocycles. The zero-order valence-corrected chi connectivity index (χ0v) is 19.2. The second-order valence-electron chi connectivity index (χ2n) is 9.59. The van der Waals surface area contributed by atoms with E-state index in [1.807, 2.05) is 47.0 Å². The maximum atomic E-state index is 12.0. The standard InChI is InChI=1S/C22H34N4O.C2H6/c1-16(2)21(27)26-14-22(15-26)10-18(11-22)4-7-25-8-5-19(6-9-25)20-12-23-17(3)24-13-20;1-2/h12-13,16,18-19H,4-11,14-15H2,1-3H3;1-2H3. The van der Waals surface area contributed by atoms with E-state index in [2.05, 4.69) is 19.8 Å². The number of aryl methyl sites for hydroxylation is 1. The maximum Gasteiger partial charge on any atom is 0.225 e. The van der Waals surface area contributed by atoms with Gasteiger partial charge in [0, 0.05) is 36.8 Å². The molecule has 1 aromatic rings. The van der Waals surface area contributed by atoms with Crippen LogP contribution in [0.3, 0.4) is 0 Å². The fourth-order valence-electron chi connectivity index (χ4n) is 5.38. The van der Waals surface area contributed by atoms with E-state index in [-0.39, 0.29) is 5.92 Å². The first-order chi connectivity index (χ1) is 13.9. The lowest BCUT2D eigenvalue weighted by Gasteiger charge is -2.59. The smallest absolute Gasteiger partial charge is 0.225 e. The molecule has 162 valence electrons. The number of piperidine rings is 1.